The molecule has 0 aliphatic carbocycles. The monoisotopic (exact) mass is 299 g/mol. The summed E-state index contributed by atoms with van der Waals surface area (Å²) in [6.07, 6.45) is 0. The number of pyridine rings is 1. The number of esters is 1. The quantitative estimate of drug-likeness (QED) is 0.545. The first-order valence-corrected chi connectivity index (χ1v) is 6.58. The summed E-state index contributed by atoms with van der Waals surface area (Å²) in [5.74, 6) is -0.575. The molecule has 22 heavy (non-hydrogen) atoms. The van der Waals surface area contributed by atoms with Gasteiger partial charge in [0.05, 0.1) is 35.7 Å². The van der Waals surface area contributed by atoms with Crippen molar-refractivity contribution >= 4 is 28.0 Å². The number of rotatable bonds is 3. The molecule has 6 nitrogen and oxygen atoms in total. The minimum absolute atomic E-state index is 0.108. The third-order valence-corrected chi connectivity index (χ3v) is 3.34. The number of methoxy groups -OCH3 is 2. The molecule has 0 spiro atoms. The molecule has 0 saturated heterocycles. The van der Waals surface area contributed by atoms with E-state index in [4.69, 9.17) is 13.9 Å². The van der Waals surface area contributed by atoms with Gasteiger partial charge in [-0.25, -0.2) is 9.78 Å². The van der Waals surface area contributed by atoms with Crippen LogP contribution in [0.3, 0.4) is 0 Å². The van der Waals surface area contributed by atoms with Crippen LogP contribution in [-0.4, -0.2) is 25.2 Å². The van der Waals surface area contributed by atoms with Crippen LogP contribution in [0.15, 0.2) is 39.5 Å². The summed E-state index contributed by atoms with van der Waals surface area (Å²) in [7, 11) is 2.76. The average Bonchev–Trinajstić information content (AvgIpc) is 2.54. The van der Waals surface area contributed by atoms with Crippen LogP contribution in [0.5, 0.6) is 0 Å². The van der Waals surface area contributed by atoms with E-state index < -0.39 is 5.97 Å². The lowest BCUT2D eigenvalue weighted by Gasteiger charge is -2.08. The molecule has 0 amide bonds. The first-order chi connectivity index (χ1) is 10.7. The molecule has 0 unspecified atom stereocenters. The fourth-order valence-corrected chi connectivity index (χ4v) is 2.30. The summed E-state index contributed by atoms with van der Waals surface area (Å²) in [5.41, 5.74) is 0.934. The summed E-state index contributed by atoms with van der Waals surface area (Å²) >= 11 is 0. The van der Waals surface area contributed by atoms with E-state index in [0.29, 0.717) is 16.7 Å². The normalized spacial score (nSPS) is 11.0. The number of carbonyl (C=O) groups excluding carboxylic acids is 1. The van der Waals surface area contributed by atoms with Crippen LogP contribution in [0.25, 0.3) is 22.1 Å². The lowest BCUT2D eigenvalue weighted by molar-refractivity contribution is 0.0595. The Morgan fingerprint density at radius 1 is 1.23 bits per heavy atom. The molecular weight excluding hydrogens is 286 g/mol. The zero-order valence-electron chi connectivity index (χ0n) is 12.1. The Hall–Kier alpha value is -2.73. The van der Waals surface area contributed by atoms with E-state index in [9.17, 15) is 9.59 Å². The lowest BCUT2D eigenvalue weighted by atomic mass is 10.1. The van der Waals surface area contributed by atoms with E-state index in [1.807, 2.05) is 0 Å². The number of fused-ring (bicyclic) bond motifs is 2. The van der Waals surface area contributed by atoms with Crippen LogP contribution in [0.2, 0.25) is 0 Å². The highest BCUT2D eigenvalue weighted by molar-refractivity contribution is 5.96. The molecule has 0 aliphatic heterocycles. The van der Waals surface area contributed by atoms with Crippen LogP contribution in [0, 0.1) is 0 Å². The second kappa shape index (κ2) is 5.57. The first kappa shape index (κ1) is 14.2. The van der Waals surface area contributed by atoms with Gasteiger partial charge in [-0.3, -0.25) is 4.79 Å². The number of benzene rings is 1. The molecule has 112 valence electrons. The van der Waals surface area contributed by atoms with Gasteiger partial charge in [0.2, 0.25) is 11.1 Å². The maximum atomic E-state index is 12.5. The summed E-state index contributed by atoms with van der Waals surface area (Å²) in [4.78, 5) is 28.7. The van der Waals surface area contributed by atoms with E-state index in [2.05, 4.69) is 4.98 Å². The van der Waals surface area contributed by atoms with Crippen LogP contribution < -0.4 is 5.43 Å². The number of hydrogen-bond acceptors (Lipinski definition) is 6. The Kier molecular flexibility index (Phi) is 3.60. The van der Waals surface area contributed by atoms with Gasteiger partial charge in [-0.15, -0.1) is 0 Å². The van der Waals surface area contributed by atoms with Crippen molar-refractivity contribution < 1.29 is 18.7 Å². The van der Waals surface area contributed by atoms with Gasteiger partial charge in [0.25, 0.3) is 0 Å². The Morgan fingerprint density at radius 2 is 2.00 bits per heavy atom. The topological polar surface area (TPSA) is 78.6 Å². The summed E-state index contributed by atoms with van der Waals surface area (Å²) < 4.78 is 15.4. The maximum absolute atomic E-state index is 12.5. The molecule has 0 saturated carbocycles. The minimum Gasteiger partial charge on any atom is -0.465 e. The van der Waals surface area contributed by atoms with Crippen molar-refractivity contribution in [3.8, 4) is 0 Å². The van der Waals surface area contributed by atoms with Crippen molar-refractivity contribution in [3.63, 3.8) is 0 Å². The van der Waals surface area contributed by atoms with Crippen LogP contribution in [-0.2, 0) is 16.1 Å². The van der Waals surface area contributed by atoms with Gasteiger partial charge in [-0.2, -0.15) is 0 Å². The Bertz CT molecular complexity index is 929. The van der Waals surface area contributed by atoms with E-state index in [1.165, 1.54) is 20.3 Å². The molecule has 0 radical (unpaired) electrons. The molecular formula is C16H13NO5. The van der Waals surface area contributed by atoms with Crippen molar-refractivity contribution in [2.45, 2.75) is 6.61 Å². The molecule has 3 aromatic rings. The van der Waals surface area contributed by atoms with Crippen LogP contribution in [0.4, 0.5) is 0 Å². The molecule has 1 aromatic carbocycles. The van der Waals surface area contributed by atoms with Crippen LogP contribution in [0.1, 0.15) is 16.1 Å². The summed E-state index contributed by atoms with van der Waals surface area (Å²) in [6, 6.07) is 8.33. The molecule has 2 aromatic heterocycles. The molecule has 0 aliphatic rings. The zero-order valence-corrected chi connectivity index (χ0v) is 12.1. The van der Waals surface area contributed by atoms with Gasteiger partial charge in [-0.05, 0) is 18.2 Å². The van der Waals surface area contributed by atoms with E-state index in [1.54, 1.807) is 24.3 Å². The number of ether oxygens (including phenoxy) is 2. The number of nitrogens with zero attached hydrogens (tertiary/aromatic N) is 1. The molecule has 6 heteroatoms. The van der Waals surface area contributed by atoms with Crippen molar-refractivity contribution in [2.24, 2.45) is 0 Å². The third kappa shape index (κ3) is 2.23. The highest BCUT2D eigenvalue weighted by Gasteiger charge is 2.18. The number of hydrogen-bond donors (Lipinski definition) is 0. The highest BCUT2D eigenvalue weighted by atomic mass is 16.5. The lowest BCUT2D eigenvalue weighted by Crippen LogP contribution is -2.12. The fraction of sp³-hybridized carbons (Fsp3) is 0.188. The molecule has 2 heterocycles. The van der Waals surface area contributed by atoms with Gasteiger partial charge >= 0.3 is 5.97 Å². The molecule has 3 rings (SSSR count). The average molecular weight is 299 g/mol. The molecule has 0 bridgehead atoms. The number of para-hydroxylation sites is 1. The van der Waals surface area contributed by atoms with Crippen LogP contribution >= 0.6 is 0 Å². The van der Waals surface area contributed by atoms with E-state index in [-0.39, 0.29) is 28.7 Å². The Balaban J connectivity index is 2.39. The smallest absolute Gasteiger partial charge is 0.339 e. The maximum Gasteiger partial charge on any atom is 0.339 e. The van der Waals surface area contributed by atoms with Crippen molar-refractivity contribution in [2.75, 3.05) is 14.2 Å². The molecule has 0 fully saturated rings. The zero-order chi connectivity index (χ0) is 15.7. The largest absolute Gasteiger partial charge is 0.465 e. The summed E-state index contributed by atoms with van der Waals surface area (Å²) in [5, 5.41) is 0.672. The third-order valence-electron chi connectivity index (χ3n) is 3.34. The number of carbonyl (C=O) groups is 1. The van der Waals surface area contributed by atoms with Crippen molar-refractivity contribution in [3.05, 3.63) is 51.8 Å². The Labute approximate surface area is 125 Å². The van der Waals surface area contributed by atoms with E-state index >= 15 is 0 Å². The first-order valence-electron chi connectivity index (χ1n) is 6.58. The second-order valence-electron chi connectivity index (χ2n) is 4.69. The predicted molar refractivity (Wildman–Crippen MR) is 79.8 cm³/mol. The number of aromatic nitrogens is 1. The SMILES string of the molecule is COCc1nc2oc3ccccc3c(=O)c2cc1C(=O)OC. The van der Waals surface area contributed by atoms with Crippen molar-refractivity contribution in [1.29, 1.82) is 0 Å². The van der Waals surface area contributed by atoms with Gasteiger partial charge in [0.15, 0.2) is 0 Å². The summed E-state index contributed by atoms with van der Waals surface area (Å²) in [6.45, 7) is 0.108. The second-order valence-corrected chi connectivity index (χ2v) is 4.69. The predicted octanol–water partition coefficient (Wildman–Crippen LogP) is 2.27. The minimum atomic E-state index is -0.575. The van der Waals surface area contributed by atoms with Gasteiger partial charge in [0.1, 0.15) is 5.58 Å². The van der Waals surface area contributed by atoms with Gasteiger partial charge < -0.3 is 13.9 Å². The Morgan fingerprint density at radius 3 is 2.73 bits per heavy atom. The van der Waals surface area contributed by atoms with Crippen molar-refractivity contribution in [1.82, 2.24) is 4.98 Å². The standard InChI is InChI=1S/C16H13NO5/c1-20-8-12-10(16(19)21-2)7-11-14(18)9-5-3-4-6-13(9)22-15(11)17-12/h3-7H,8H2,1-2H3. The molecule has 0 N–H and O–H groups in total. The highest BCUT2D eigenvalue weighted by Crippen LogP contribution is 2.20. The van der Waals surface area contributed by atoms with E-state index in [0.717, 1.165) is 0 Å². The van der Waals surface area contributed by atoms with Gasteiger partial charge in [0, 0.05) is 7.11 Å². The molecule has 0 atom stereocenters. The fourth-order valence-electron chi connectivity index (χ4n) is 2.30. The van der Waals surface area contributed by atoms with Gasteiger partial charge in [-0.1, -0.05) is 12.1 Å².